The monoisotopic (exact) mass is 255 g/mol. The maximum atomic E-state index is 10.8. The number of anilines is 3. The maximum absolute atomic E-state index is 10.8. The lowest BCUT2D eigenvalue weighted by Crippen LogP contribution is -2.23. The standard InChI is InChI=1S/C15H17N3O/c1-12(2)18(17-19)15-10-8-14(9-11-15)16-13-6-4-3-5-7-13/h3-12,16H,1-2H3. The van der Waals surface area contributed by atoms with Gasteiger partial charge in [-0.15, -0.1) is 4.91 Å². The second-order valence-electron chi connectivity index (χ2n) is 4.56. The maximum Gasteiger partial charge on any atom is 0.0630 e. The lowest BCUT2D eigenvalue weighted by atomic mass is 10.2. The molecule has 1 N–H and O–H groups in total. The van der Waals surface area contributed by atoms with Gasteiger partial charge in [-0.1, -0.05) is 18.2 Å². The molecule has 0 atom stereocenters. The van der Waals surface area contributed by atoms with Gasteiger partial charge in [0, 0.05) is 11.4 Å². The molecule has 4 heteroatoms. The van der Waals surface area contributed by atoms with Crippen molar-refractivity contribution >= 4 is 17.1 Å². The minimum atomic E-state index is 0.0467. The van der Waals surface area contributed by atoms with Crippen LogP contribution in [0.5, 0.6) is 0 Å². The van der Waals surface area contributed by atoms with E-state index >= 15 is 0 Å². The van der Waals surface area contributed by atoms with Gasteiger partial charge in [-0.2, -0.15) is 0 Å². The lowest BCUT2D eigenvalue weighted by molar-refractivity contribution is 0.709. The van der Waals surface area contributed by atoms with Gasteiger partial charge in [-0.3, -0.25) is 0 Å². The molecular formula is C15H17N3O. The average Bonchev–Trinajstić information content (AvgIpc) is 2.42. The SMILES string of the molecule is CC(C)N(N=O)c1ccc(Nc2ccccc2)cc1. The number of hydrogen-bond donors (Lipinski definition) is 1. The van der Waals surface area contributed by atoms with Gasteiger partial charge in [0.2, 0.25) is 0 Å². The van der Waals surface area contributed by atoms with Gasteiger partial charge in [-0.25, -0.2) is 5.01 Å². The van der Waals surface area contributed by atoms with E-state index in [1.807, 2.05) is 68.4 Å². The molecule has 0 bridgehead atoms. The molecule has 0 aromatic heterocycles. The lowest BCUT2D eigenvalue weighted by Gasteiger charge is -2.19. The van der Waals surface area contributed by atoms with Gasteiger partial charge in [0.05, 0.1) is 17.0 Å². The summed E-state index contributed by atoms with van der Waals surface area (Å²) in [6.07, 6.45) is 0. The first kappa shape index (κ1) is 13.1. The van der Waals surface area contributed by atoms with Crippen molar-refractivity contribution in [3.05, 3.63) is 59.5 Å². The number of hydrogen-bond acceptors (Lipinski definition) is 3. The highest BCUT2D eigenvalue weighted by atomic mass is 16.3. The molecule has 0 saturated carbocycles. The summed E-state index contributed by atoms with van der Waals surface area (Å²) in [5.41, 5.74) is 2.80. The number of benzene rings is 2. The minimum absolute atomic E-state index is 0.0467. The van der Waals surface area contributed by atoms with Crippen LogP contribution in [0.1, 0.15) is 13.8 Å². The summed E-state index contributed by atoms with van der Waals surface area (Å²) < 4.78 is 0. The van der Waals surface area contributed by atoms with Crippen molar-refractivity contribution in [3.8, 4) is 0 Å². The Morgan fingerprint density at radius 2 is 1.53 bits per heavy atom. The van der Waals surface area contributed by atoms with Crippen LogP contribution in [0.25, 0.3) is 0 Å². The van der Waals surface area contributed by atoms with Crippen LogP contribution in [-0.2, 0) is 0 Å². The smallest absolute Gasteiger partial charge is 0.0630 e. The van der Waals surface area contributed by atoms with Gasteiger partial charge in [0.15, 0.2) is 0 Å². The summed E-state index contributed by atoms with van der Waals surface area (Å²) in [7, 11) is 0. The van der Waals surface area contributed by atoms with E-state index in [1.165, 1.54) is 5.01 Å². The normalized spacial score (nSPS) is 10.3. The van der Waals surface area contributed by atoms with Crippen molar-refractivity contribution in [2.45, 2.75) is 19.9 Å². The summed E-state index contributed by atoms with van der Waals surface area (Å²) >= 11 is 0. The Kier molecular flexibility index (Phi) is 4.13. The third-order valence-electron chi connectivity index (χ3n) is 2.77. The van der Waals surface area contributed by atoms with Crippen molar-refractivity contribution in [3.63, 3.8) is 0 Å². The molecule has 0 saturated heterocycles. The topological polar surface area (TPSA) is 44.7 Å². The van der Waals surface area contributed by atoms with Gasteiger partial charge < -0.3 is 5.32 Å². The third-order valence-corrected chi connectivity index (χ3v) is 2.77. The molecule has 0 radical (unpaired) electrons. The molecule has 98 valence electrons. The Labute approximate surface area is 113 Å². The molecule has 19 heavy (non-hydrogen) atoms. The molecule has 2 aromatic rings. The molecule has 0 aliphatic heterocycles. The highest BCUT2D eigenvalue weighted by Gasteiger charge is 2.10. The van der Waals surface area contributed by atoms with Crippen LogP contribution in [0.4, 0.5) is 17.1 Å². The first-order chi connectivity index (χ1) is 9.20. The van der Waals surface area contributed by atoms with E-state index in [0.29, 0.717) is 0 Å². The number of para-hydroxylation sites is 1. The predicted octanol–water partition coefficient (Wildman–Crippen LogP) is 4.33. The molecule has 4 nitrogen and oxygen atoms in total. The molecular weight excluding hydrogens is 238 g/mol. The first-order valence-corrected chi connectivity index (χ1v) is 6.25. The third kappa shape index (κ3) is 3.31. The molecule has 0 aliphatic carbocycles. The Bertz CT molecular complexity index is 523. The zero-order valence-electron chi connectivity index (χ0n) is 11.1. The van der Waals surface area contributed by atoms with Gasteiger partial charge in [-0.05, 0) is 50.2 Å². The summed E-state index contributed by atoms with van der Waals surface area (Å²) in [5, 5.41) is 7.78. The van der Waals surface area contributed by atoms with E-state index in [9.17, 15) is 4.91 Å². The Morgan fingerprint density at radius 3 is 2.05 bits per heavy atom. The largest absolute Gasteiger partial charge is 0.356 e. The highest BCUT2D eigenvalue weighted by Crippen LogP contribution is 2.22. The van der Waals surface area contributed by atoms with Gasteiger partial charge >= 0.3 is 0 Å². The minimum Gasteiger partial charge on any atom is -0.356 e. The summed E-state index contributed by atoms with van der Waals surface area (Å²) in [6, 6.07) is 17.6. The van der Waals surface area contributed by atoms with Crippen LogP contribution in [-0.4, -0.2) is 6.04 Å². The molecule has 0 fully saturated rings. The second kappa shape index (κ2) is 6.00. The first-order valence-electron chi connectivity index (χ1n) is 6.25. The quantitative estimate of drug-likeness (QED) is 0.639. The Morgan fingerprint density at radius 1 is 0.947 bits per heavy atom. The van der Waals surface area contributed by atoms with E-state index in [1.54, 1.807) is 0 Å². The second-order valence-corrected chi connectivity index (χ2v) is 4.56. The highest BCUT2D eigenvalue weighted by molar-refractivity contribution is 5.62. The molecule has 2 rings (SSSR count). The predicted molar refractivity (Wildman–Crippen MR) is 79.6 cm³/mol. The van der Waals surface area contributed by atoms with Gasteiger partial charge in [0.25, 0.3) is 0 Å². The number of nitrogens with zero attached hydrogens (tertiary/aromatic N) is 2. The zero-order chi connectivity index (χ0) is 13.7. The van der Waals surface area contributed by atoms with Crippen LogP contribution in [0.15, 0.2) is 59.9 Å². The number of rotatable bonds is 5. The summed E-state index contributed by atoms with van der Waals surface area (Å²) in [6.45, 7) is 3.86. The molecule has 0 spiro atoms. The average molecular weight is 255 g/mol. The fraction of sp³-hybridized carbons (Fsp3) is 0.200. The molecule has 0 unspecified atom stereocenters. The number of nitroso groups, excluding NO2 is 1. The van der Waals surface area contributed by atoms with E-state index in [2.05, 4.69) is 10.6 Å². The zero-order valence-corrected chi connectivity index (χ0v) is 11.1. The van der Waals surface area contributed by atoms with E-state index < -0.39 is 0 Å². The van der Waals surface area contributed by atoms with Crippen molar-refractivity contribution in [1.82, 2.24) is 0 Å². The summed E-state index contributed by atoms with van der Waals surface area (Å²) in [5.74, 6) is 0. The molecule has 2 aromatic carbocycles. The van der Waals surface area contributed by atoms with Crippen molar-refractivity contribution in [1.29, 1.82) is 0 Å². The van der Waals surface area contributed by atoms with Crippen LogP contribution < -0.4 is 10.3 Å². The summed E-state index contributed by atoms with van der Waals surface area (Å²) in [4.78, 5) is 10.8. The Hall–Kier alpha value is -2.36. The van der Waals surface area contributed by atoms with Crippen molar-refractivity contribution < 1.29 is 0 Å². The van der Waals surface area contributed by atoms with E-state index in [4.69, 9.17) is 0 Å². The fourth-order valence-electron chi connectivity index (χ4n) is 1.83. The fourth-order valence-corrected chi connectivity index (χ4v) is 1.83. The van der Waals surface area contributed by atoms with Crippen LogP contribution in [0, 0.1) is 4.91 Å². The Balaban J connectivity index is 2.12. The van der Waals surface area contributed by atoms with Crippen molar-refractivity contribution in [2.75, 3.05) is 10.3 Å². The molecule has 0 amide bonds. The van der Waals surface area contributed by atoms with Crippen LogP contribution >= 0.6 is 0 Å². The van der Waals surface area contributed by atoms with E-state index in [-0.39, 0.29) is 6.04 Å². The van der Waals surface area contributed by atoms with Gasteiger partial charge in [0.1, 0.15) is 0 Å². The molecule has 0 aliphatic rings. The van der Waals surface area contributed by atoms with E-state index in [0.717, 1.165) is 17.1 Å². The number of nitrogens with one attached hydrogen (secondary N) is 1. The van der Waals surface area contributed by atoms with Crippen LogP contribution in [0.3, 0.4) is 0 Å². The van der Waals surface area contributed by atoms with Crippen LogP contribution in [0.2, 0.25) is 0 Å². The molecule has 0 heterocycles. The van der Waals surface area contributed by atoms with Crippen molar-refractivity contribution in [2.24, 2.45) is 5.29 Å².